The Hall–Kier alpha value is 0.360. The molecule has 76 valence electrons. The molecule has 0 fully saturated rings. The van der Waals surface area contributed by atoms with Crippen LogP contribution in [0.2, 0.25) is 0 Å². The normalized spacial score (nSPS) is 14.6. The molecule has 0 unspecified atom stereocenters. The standard InChI is InChI=1S/C10H9Br3O/c11-10(12,13)9(14)7-6-8-4-2-1-3-5-8/h1-7,9,14H/b7-6+/t9-/m1/s1. The van der Waals surface area contributed by atoms with E-state index < -0.39 is 8.25 Å². The highest BCUT2D eigenvalue weighted by Gasteiger charge is 2.26. The molecule has 0 heterocycles. The maximum Gasteiger partial charge on any atom is 0.164 e. The fraction of sp³-hybridized carbons (Fsp3) is 0.200. The van der Waals surface area contributed by atoms with Crippen LogP contribution in [0.25, 0.3) is 6.08 Å². The first-order valence-corrected chi connectivity index (χ1v) is 6.36. The number of hydrogen-bond acceptors (Lipinski definition) is 1. The Labute approximate surface area is 109 Å². The van der Waals surface area contributed by atoms with Crippen molar-refractivity contribution in [2.75, 3.05) is 0 Å². The summed E-state index contributed by atoms with van der Waals surface area (Å²) in [5.74, 6) is 0. The lowest BCUT2D eigenvalue weighted by atomic mass is 10.2. The smallest absolute Gasteiger partial charge is 0.164 e. The summed E-state index contributed by atoms with van der Waals surface area (Å²) < 4.78 is -0.654. The summed E-state index contributed by atoms with van der Waals surface area (Å²) in [6.45, 7) is 0. The number of aliphatic hydroxyl groups excluding tert-OH is 1. The second-order valence-electron chi connectivity index (χ2n) is 2.76. The minimum atomic E-state index is -0.654. The molecule has 0 amide bonds. The van der Waals surface area contributed by atoms with Crippen molar-refractivity contribution in [3.05, 3.63) is 42.0 Å². The molecule has 0 aliphatic carbocycles. The van der Waals surface area contributed by atoms with Gasteiger partial charge in [0, 0.05) is 0 Å². The van der Waals surface area contributed by atoms with Gasteiger partial charge in [0.05, 0.1) is 0 Å². The summed E-state index contributed by atoms with van der Waals surface area (Å²) in [5.41, 5.74) is 1.06. The molecule has 1 aromatic carbocycles. The van der Waals surface area contributed by atoms with Crippen LogP contribution in [0.3, 0.4) is 0 Å². The molecule has 1 nitrogen and oxygen atoms in total. The molecule has 0 aromatic heterocycles. The molecule has 0 aliphatic heterocycles. The largest absolute Gasteiger partial charge is 0.386 e. The van der Waals surface area contributed by atoms with Gasteiger partial charge in [-0.05, 0) is 5.56 Å². The molecule has 14 heavy (non-hydrogen) atoms. The Morgan fingerprint density at radius 2 is 1.71 bits per heavy atom. The Balaban J connectivity index is 2.66. The number of alkyl halides is 3. The average molecular weight is 385 g/mol. The predicted octanol–water partition coefficient (Wildman–Crippen LogP) is 3.90. The van der Waals surface area contributed by atoms with Gasteiger partial charge in [-0.1, -0.05) is 90.3 Å². The molecule has 4 heteroatoms. The Kier molecular flexibility index (Phi) is 4.83. The van der Waals surface area contributed by atoms with E-state index in [-0.39, 0.29) is 0 Å². The molecule has 1 aromatic rings. The lowest BCUT2D eigenvalue weighted by Gasteiger charge is -2.16. The van der Waals surface area contributed by atoms with Gasteiger partial charge in [-0.2, -0.15) is 0 Å². The third-order valence-electron chi connectivity index (χ3n) is 1.61. The van der Waals surface area contributed by atoms with Gasteiger partial charge in [-0.15, -0.1) is 0 Å². The van der Waals surface area contributed by atoms with Crippen LogP contribution < -0.4 is 0 Å². The highest BCUT2D eigenvalue weighted by Crippen LogP contribution is 2.37. The summed E-state index contributed by atoms with van der Waals surface area (Å²) in [6.07, 6.45) is 2.92. The molecule has 0 bridgehead atoms. The average Bonchev–Trinajstić information content (AvgIpc) is 2.14. The first-order chi connectivity index (χ1) is 6.50. The van der Waals surface area contributed by atoms with Gasteiger partial charge in [0.25, 0.3) is 0 Å². The van der Waals surface area contributed by atoms with E-state index >= 15 is 0 Å². The topological polar surface area (TPSA) is 20.2 Å². The van der Waals surface area contributed by atoms with Gasteiger partial charge < -0.3 is 5.11 Å². The van der Waals surface area contributed by atoms with Crippen LogP contribution in [0.15, 0.2) is 36.4 Å². The number of halogens is 3. The number of hydrogen-bond donors (Lipinski definition) is 1. The van der Waals surface area contributed by atoms with E-state index in [0.717, 1.165) is 5.56 Å². The Morgan fingerprint density at radius 3 is 2.21 bits per heavy atom. The van der Waals surface area contributed by atoms with Gasteiger partial charge in [-0.25, -0.2) is 0 Å². The quantitative estimate of drug-likeness (QED) is 0.767. The highest BCUT2D eigenvalue weighted by atomic mass is 80.0. The second kappa shape index (κ2) is 5.45. The van der Waals surface area contributed by atoms with Crippen LogP contribution in [-0.2, 0) is 0 Å². The zero-order chi connectivity index (χ0) is 10.6. The number of benzene rings is 1. The van der Waals surface area contributed by atoms with Crippen molar-refractivity contribution < 1.29 is 5.11 Å². The molecule has 1 N–H and O–H groups in total. The van der Waals surface area contributed by atoms with E-state index in [1.165, 1.54) is 0 Å². The fourth-order valence-electron chi connectivity index (χ4n) is 0.876. The summed E-state index contributed by atoms with van der Waals surface area (Å²) in [4.78, 5) is 0. The van der Waals surface area contributed by atoms with E-state index in [9.17, 15) is 5.11 Å². The van der Waals surface area contributed by atoms with Gasteiger partial charge in [0.1, 0.15) is 6.10 Å². The van der Waals surface area contributed by atoms with Crippen LogP contribution in [0.5, 0.6) is 0 Å². The lowest BCUT2D eigenvalue weighted by molar-refractivity contribution is 0.239. The van der Waals surface area contributed by atoms with Crippen LogP contribution in [0.4, 0.5) is 0 Å². The summed E-state index contributed by atoms with van der Waals surface area (Å²) in [6, 6.07) is 9.81. The number of rotatable bonds is 2. The fourth-order valence-corrected chi connectivity index (χ4v) is 1.33. The zero-order valence-electron chi connectivity index (χ0n) is 7.20. The minimum absolute atomic E-state index is 0.650. The van der Waals surface area contributed by atoms with Gasteiger partial charge in [0.15, 0.2) is 2.14 Å². The van der Waals surface area contributed by atoms with Crippen molar-refractivity contribution in [3.8, 4) is 0 Å². The summed E-state index contributed by atoms with van der Waals surface area (Å²) >= 11 is 9.75. The van der Waals surface area contributed by atoms with Crippen molar-refractivity contribution in [3.63, 3.8) is 0 Å². The zero-order valence-corrected chi connectivity index (χ0v) is 12.0. The first-order valence-electron chi connectivity index (χ1n) is 3.98. The molecule has 0 saturated heterocycles. The maximum atomic E-state index is 9.62. The Morgan fingerprint density at radius 1 is 1.14 bits per heavy atom. The maximum absolute atomic E-state index is 9.62. The van der Waals surface area contributed by atoms with Crippen molar-refractivity contribution in [2.45, 2.75) is 8.25 Å². The molecule has 0 aliphatic rings. The predicted molar refractivity (Wildman–Crippen MR) is 71.0 cm³/mol. The SMILES string of the molecule is O[C@H](/C=C/c1ccccc1)C(Br)(Br)Br. The second-order valence-corrected chi connectivity index (χ2v) is 9.70. The van der Waals surface area contributed by atoms with E-state index in [1.54, 1.807) is 6.08 Å². The van der Waals surface area contributed by atoms with Gasteiger partial charge >= 0.3 is 0 Å². The molecular formula is C10H9Br3O. The minimum Gasteiger partial charge on any atom is -0.386 e. The van der Waals surface area contributed by atoms with E-state index in [1.807, 2.05) is 36.4 Å². The third kappa shape index (κ3) is 4.26. The molecular weight excluding hydrogens is 376 g/mol. The molecule has 1 rings (SSSR count). The van der Waals surface area contributed by atoms with Crippen molar-refractivity contribution >= 4 is 53.9 Å². The van der Waals surface area contributed by atoms with Crippen molar-refractivity contribution in [2.24, 2.45) is 0 Å². The van der Waals surface area contributed by atoms with E-state index in [0.29, 0.717) is 0 Å². The van der Waals surface area contributed by atoms with Crippen molar-refractivity contribution in [1.29, 1.82) is 0 Å². The van der Waals surface area contributed by atoms with Crippen LogP contribution in [-0.4, -0.2) is 13.4 Å². The van der Waals surface area contributed by atoms with Gasteiger partial charge in [-0.3, -0.25) is 0 Å². The summed E-state index contributed by atoms with van der Waals surface area (Å²) in [5, 5.41) is 9.62. The monoisotopic (exact) mass is 382 g/mol. The van der Waals surface area contributed by atoms with E-state index in [2.05, 4.69) is 47.8 Å². The highest BCUT2D eigenvalue weighted by molar-refractivity contribution is 9.39. The lowest BCUT2D eigenvalue weighted by Crippen LogP contribution is -2.20. The Bertz CT molecular complexity index is 303. The molecule has 0 spiro atoms. The van der Waals surface area contributed by atoms with Crippen molar-refractivity contribution in [1.82, 2.24) is 0 Å². The van der Waals surface area contributed by atoms with Gasteiger partial charge in [0.2, 0.25) is 0 Å². The molecule has 0 saturated carbocycles. The third-order valence-corrected chi connectivity index (χ3v) is 3.01. The first kappa shape index (κ1) is 12.4. The molecule has 0 radical (unpaired) electrons. The summed E-state index contributed by atoms with van der Waals surface area (Å²) in [7, 11) is 0. The van der Waals surface area contributed by atoms with Crippen LogP contribution >= 0.6 is 47.8 Å². The van der Waals surface area contributed by atoms with Crippen LogP contribution in [0.1, 0.15) is 5.56 Å². The van der Waals surface area contributed by atoms with Crippen LogP contribution in [0, 0.1) is 0 Å². The van der Waals surface area contributed by atoms with E-state index in [4.69, 9.17) is 0 Å². The molecule has 1 atom stereocenters. The number of aliphatic hydroxyl groups is 1.